The van der Waals surface area contributed by atoms with E-state index >= 15 is 0 Å². The first-order valence-corrected chi connectivity index (χ1v) is 7.61. The van der Waals surface area contributed by atoms with Gasteiger partial charge in [-0.15, -0.1) is 0 Å². The third-order valence-electron chi connectivity index (χ3n) is 4.72. The summed E-state index contributed by atoms with van der Waals surface area (Å²) in [5.74, 6) is 0.863. The molecule has 0 spiro atoms. The molecule has 0 heteroatoms. The molecule has 0 atom stereocenters. The minimum atomic E-state index is 0.863. The molecule has 1 saturated carbocycles. The Labute approximate surface area is 111 Å². The number of rotatable bonds is 2. The Balaban J connectivity index is 1.97. The summed E-state index contributed by atoms with van der Waals surface area (Å²) in [4.78, 5) is 0. The van der Waals surface area contributed by atoms with Crippen LogP contribution in [0, 0.1) is 5.92 Å². The molecule has 0 aliphatic heterocycles. The van der Waals surface area contributed by atoms with E-state index in [2.05, 4.69) is 31.2 Å². The molecule has 0 unspecified atom stereocenters. The van der Waals surface area contributed by atoms with E-state index in [1.807, 2.05) is 0 Å². The van der Waals surface area contributed by atoms with E-state index in [4.69, 9.17) is 0 Å². The molecule has 18 heavy (non-hydrogen) atoms. The second-order valence-electron chi connectivity index (χ2n) is 6.06. The lowest BCUT2D eigenvalue weighted by Gasteiger charge is -2.25. The van der Waals surface area contributed by atoms with Crippen molar-refractivity contribution in [2.75, 3.05) is 0 Å². The van der Waals surface area contributed by atoms with Crippen LogP contribution in [0.5, 0.6) is 0 Å². The highest BCUT2D eigenvalue weighted by atomic mass is 14.3. The van der Waals surface area contributed by atoms with Crippen molar-refractivity contribution in [3.63, 3.8) is 0 Å². The van der Waals surface area contributed by atoms with Crippen molar-refractivity contribution in [3.8, 4) is 0 Å². The third-order valence-corrected chi connectivity index (χ3v) is 4.72. The molecule has 3 aliphatic rings. The van der Waals surface area contributed by atoms with Crippen LogP contribution < -0.4 is 0 Å². The molecule has 0 aromatic heterocycles. The van der Waals surface area contributed by atoms with E-state index in [0.29, 0.717) is 0 Å². The quantitative estimate of drug-likeness (QED) is 0.598. The molecule has 0 bridgehead atoms. The van der Waals surface area contributed by atoms with Gasteiger partial charge in [0.2, 0.25) is 0 Å². The van der Waals surface area contributed by atoms with Crippen LogP contribution in [0.15, 0.2) is 46.6 Å². The van der Waals surface area contributed by atoms with E-state index < -0.39 is 0 Å². The molecule has 0 saturated heterocycles. The van der Waals surface area contributed by atoms with Crippen LogP contribution in [0.1, 0.15) is 58.3 Å². The molecule has 3 aliphatic carbocycles. The summed E-state index contributed by atoms with van der Waals surface area (Å²) in [5, 5.41) is 0. The van der Waals surface area contributed by atoms with E-state index in [9.17, 15) is 0 Å². The van der Waals surface area contributed by atoms with Crippen LogP contribution in [0.3, 0.4) is 0 Å². The van der Waals surface area contributed by atoms with Crippen LogP contribution in [0.4, 0.5) is 0 Å². The number of allylic oxidation sites excluding steroid dienone is 8. The van der Waals surface area contributed by atoms with Gasteiger partial charge in [0.25, 0.3) is 0 Å². The molecule has 0 nitrogen and oxygen atoms in total. The van der Waals surface area contributed by atoms with E-state index in [0.717, 1.165) is 5.92 Å². The Morgan fingerprint density at radius 3 is 2.61 bits per heavy atom. The van der Waals surface area contributed by atoms with Gasteiger partial charge in [0.05, 0.1) is 0 Å². The summed E-state index contributed by atoms with van der Waals surface area (Å²) in [5.41, 5.74) is 6.63. The Hall–Kier alpha value is -1.04. The summed E-state index contributed by atoms with van der Waals surface area (Å²) in [6.07, 6.45) is 20.2. The second kappa shape index (κ2) is 5.30. The zero-order chi connectivity index (χ0) is 12.4. The molecule has 96 valence electrons. The lowest BCUT2D eigenvalue weighted by atomic mass is 9.80. The Morgan fingerprint density at radius 2 is 1.89 bits per heavy atom. The number of hydrogen-bond donors (Lipinski definition) is 0. The van der Waals surface area contributed by atoms with Gasteiger partial charge in [0.15, 0.2) is 0 Å². The molecule has 0 heterocycles. The minimum absolute atomic E-state index is 0.863. The van der Waals surface area contributed by atoms with Crippen molar-refractivity contribution < 1.29 is 0 Å². The highest BCUT2D eigenvalue weighted by Gasteiger charge is 2.24. The minimum Gasteiger partial charge on any atom is -0.0842 e. The van der Waals surface area contributed by atoms with E-state index in [-0.39, 0.29) is 0 Å². The molecular weight excluding hydrogens is 216 g/mol. The summed E-state index contributed by atoms with van der Waals surface area (Å²) in [7, 11) is 0. The fourth-order valence-electron chi connectivity index (χ4n) is 3.69. The van der Waals surface area contributed by atoms with Crippen molar-refractivity contribution in [1.82, 2.24) is 0 Å². The molecular formula is C18H24. The first kappa shape index (κ1) is 12.0. The molecule has 1 fully saturated rings. The third kappa shape index (κ3) is 2.39. The van der Waals surface area contributed by atoms with Crippen LogP contribution in [-0.2, 0) is 0 Å². The first-order chi connectivity index (χ1) is 8.84. The largest absolute Gasteiger partial charge is 0.0842 e. The van der Waals surface area contributed by atoms with Crippen LogP contribution in [-0.4, -0.2) is 0 Å². The zero-order valence-corrected chi connectivity index (χ0v) is 11.5. The smallest absolute Gasteiger partial charge is 0.0159 e. The molecule has 0 amide bonds. The van der Waals surface area contributed by atoms with E-state index in [1.54, 1.807) is 22.3 Å². The van der Waals surface area contributed by atoms with Crippen molar-refractivity contribution >= 4 is 0 Å². The average Bonchev–Trinajstić information content (AvgIpc) is 2.93. The Morgan fingerprint density at radius 1 is 1.06 bits per heavy atom. The predicted octanol–water partition coefficient (Wildman–Crippen LogP) is 5.49. The predicted molar refractivity (Wildman–Crippen MR) is 78.4 cm³/mol. The van der Waals surface area contributed by atoms with Gasteiger partial charge in [-0.25, -0.2) is 0 Å². The lowest BCUT2D eigenvalue weighted by Crippen LogP contribution is -2.08. The van der Waals surface area contributed by atoms with Crippen molar-refractivity contribution in [1.29, 1.82) is 0 Å². The molecule has 0 aromatic carbocycles. The van der Waals surface area contributed by atoms with Crippen LogP contribution >= 0.6 is 0 Å². The maximum absolute atomic E-state index is 2.52. The molecule has 0 N–H and O–H groups in total. The van der Waals surface area contributed by atoms with Gasteiger partial charge in [0, 0.05) is 0 Å². The van der Waals surface area contributed by atoms with Crippen molar-refractivity contribution in [2.24, 2.45) is 5.92 Å². The topological polar surface area (TPSA) is 0 Å². The average molecular weight is 240 g/mol. The van der Waals surface area contributed by atoms with Crippen molar-refractivity contribution in [2.45, 2.75) is 58.3 Å². The highest BCUT2D eigenvalue weighted by Crippen LogP contribution is 2.41. The van der Waals surface area contributed by atoms with Crippen LogP contribution in [0.2, 0.25) is 0 Å². The van der Waals surface area contributed by atoms with Crippen LogP contribution in [0.25, 0.3) is 0 Å². The van der Waals surface area contributed by atoms with Gasteiger partial charge in [-0.3, -0.25) is 0 Å². The first-order valence-electron chi connectivity index (χ1n) is 7.61. The lowest BCUT2D eigenvalue weighted by molar-refractivity contribution is 0.636. The van der Waals surface area contributed by atoms with Gasteiger partial charge in [-0.05, 0) is 68.1 Å². The molecule has 3 rings (SSSR count). The fraction of sp³-hybridized carbons (Fsp3) is 0.556. The Bertz CT molecular complexity index is 437. The second-order valence-corrected chi connectivity index (χ2v) is 6.06. The van der Waals surface area contributed by atoms with Gasteiger partial charge >= 0.3 is 0 Å². The zero-order valence-electron chi connectivity index (χ0n) is 11.5. The van der Waals surface area contributed by atoms with Gasteiger partial charge in [-0.2, -0.15) is 0 Å². The maximum atomic E-state index is 2.52. The maximum Gasteiger partial charge on any atom is -0.0159 e. The fourth-order valence-corrected chi connectivity index (χ4v) is 3.69. The van der Waals surface area contributed by atoms with Gasteiger partial charge in [-0.1, -0.05) is 42.7 Å². The SMILES string of the molecule is CC1=CC(C2CCCC2)=C(C2=CC=CCC2)CC1. The monoisotopic (exact) mass is 240 g/mol. The highest BCUT2D eigenvalue weighted by molar-refractivity contribution is 5.47. The summed E-state index contributed by atoms with van der Waals surface area (Å²) < 4.78 is 0. The molecule has 0 aromatic rings. The number of hydrogen-bond acceptors (Lipinski definition) is 0. The summed E-state index contributed by atoms with van der Waals surface area (Å²) in [6, 6.07) is 0. The molecule has 0 radical (unpaired) electrons. The Kier molecular flexibility index (Phi) is 3.54. The van der Waals surface area contributed by atoms with Gasteiger partial charge in [0.1, 0.15) is 0 Å². The summed E-state index contributed by atoms with van der Waals surface area (Å²) in [6.45, 7) is 2.31. The summed E-state index contributed by atoms with van der Waals surface area (Å²) >= 11 is 0. The standard InChI is InChI=1S/C18H24/c1-14-11-12-17(15-7-3-2-4-8-15)18(13-14)16-9-5-6-10-16/h2-3,7,13,16H,4-6,8-12H2,1H3. The van der Waals surface area contributed by atoms with Crippen molar-refractivity contribution in [3.05, 3.63) is 46.6 Å². The van der Waals surface area contributed by atoms with Gasteiger partial charge < -0.3 is 0 Å². The van der Waals surface area contributed by atoms with E-state index in [1.165, 1.54) is 51.4 Å². The normalized spacial score (nSPS) is 25.4.